The van der Waals surface area contributed by atoms with Crippen molar-refractivity contribution in [2.75, 3.05) is 31.1 Å². The number of aromatic nitrogens is 5. The molecule has 3 N–H and O–H groups in total. The number of halogens is 1. The topological polar surface area (TPSA) is 126 Å². The van der Waals surface area contributed by atoms with Crippen LogP contribution in [-0.4, -0.2) is 68.5 Å². The molecular weight excluding hydrogens is 523 g/mol. The number of rotatable bonds is 8. The molecule has 0 amide bonds. The predicted octanol–water partition coefficient (Wildman–Crippen LogP) is 3.70. The van der Waals surface area contributed by atoms with E-state index in [0.717, 1.165) is 63.8 Å². The summed E-state index contributed by atoms with van der Waals surface area (Å²) in [5.41, 5.74) is 7.85. The molecule has 3 aromatic rings. The predicted molar refractivity (Wildman–Crippen MR) is 152 cm³/mol. The summed E-state index contributed by atoms with van der Waals surface area (Å²) in [4.78, 5) is 21.5. The maximum Gasteiger partial charge on any atom is 0.282 e. The minimum atomic E-state index is -0.417. The summed E-state index contributed by atoms with van der Waals surface area (Å²) in [7, 11) is 0. The zero-order chi connectivity index (χ0) is 28.3. The van der Waals surface area contributed by atoms with Gasteiger partial charge in [-0.05, 0) is 73.6 Å². The van der Waals surface area contributed by atoms with Crippen LogP contribution in [0.2, 0.25) is 0 Å². The number of nitrogens with two attached hydrogens (primary N) is 1. The SMILES string of the molecule is CC(C)C(C1CC(N)C1)N1CC2(CCN(c3ncnnc3Oc3ccc(F)cc3-c3n[nH]c(=O)cc3C3CC3)C2)C1. The molecule has 2 aliphatic heterocycles. The highest BCUT2D eigenvalue weighted by Crippen LogP contribution is 2.48. The van der Waals surface area contributed by atoms with E-state index in [1.807, 2.05) is 0 Å². The molecule has 10 nitrogen and oxygen atoms in total. The lowest BCUT2D eigenvalue weighted by Crippen LogP contribution is -2.65. The van der Waals surface area contributed by atoms with Crippen molar-refractivity contribution in [1.29, 1.82) is 0 Å². The highest BCUT2D eigenvalue weighted by molar-refractivity contribution is 5.71. The fraction of sp³-hybridized carbons (Fsp3) is 0.567. The van der Waals surface area contributed by atoms with E-state index in [-0.39, 0.29) is 22.8 Å². The van der Waals surface area contributed by atoms with Crippen LogP contribution < -0.4 is 20.9 Å². The van der Waals surface area contributed by atoms with Crippen LogP contribution in [0, 0.1) is 23.1 Å². The second-order valence-corrected chi connectivity index (χ2v) is 12.9. The van der Waals surface area contributed by atoms with Crippen molar-refractivity contribution in [1.82, 2.24) is 30.3 Å². The molecule has 1 spiro atoms. The number of likely N-dealkylation sites (tertiary alicyclic amines) is 1. The lowest BCUT2D eigenvalue weighted by molar-refractivity contribution is -0.0667. The van der Waals surface area contributed by atoms with Crippen LogP contribution in [0.4, 0.5) is 10.2 Å². The monoisotopic (exact) mass is 560 g/mol. The van der Waals surface area contributed by atoms with Gasteiger partial charge in [0.25, 0.3) is 11.4 Å². The van der Waals surface area contributed by atoms with E-state index >= 15 is 0 Å². The Morgan fingerprint density at radius 1 is 1.17 bits per heavy atom. The van der Waals surface area contributed by atoms with Gasteiger partial charge < -0.3 is 15.4 Å². The first-order valence-corrected chi connectivity index (χ1v) is 14.8. The molecule has 0 radical (unpaired) electrons. The van der Waals surface area contributed by atoms with E-state index in [9.17, 15) is 9.18 Å². The van der Waals surface area contributed by atoms with Crippen molar-refractivity contribution in [3.8, 4) is 22.9 Å². The van der Waals surface area contributed by atoms with Gasteiger partial charge in [0.2, 0.25) is 0 Å². The highest BCUT2D eigenvalue weighted by Gasteiger charge is 2.52. The van der Waals surface area contributed by atoms with Crippen molar-refractivity contribution < 1.29 is 9.13 Å². The summed E-state index contributed by atoms with van der Waals surface area (Å²) < 4.78 is 20.8. The van der Waals surface area contributed by atoms with Crippen LogP contribution >= 0.6 is 0 Å². The molecule has 2 aromatic heterocycles. The molecule has 4 aliphatic rings. The number of benzene rings is 1. The lowest BCUT2D eigenvalue weighted by Gasteiger charge is -2.56. The van der Waals surface area contributed by atoms with Gasteiger partial charge in [-0.15, -0.1) is 10.2 Å². The van der Waals surface area contributed by atoms with Crippen LogP contribution in [0.25, 0.3) is 11.3 Å². The van der Waals surface area contributed by atoms with E-state index in [2.05, 4.69) is 49.0 Å². The maximum absolute atomic E-state index is 14.5. The van der Waals surface area contributed by atoms with Crippen LogP contribution in [0.3, 0.4) is 0 Å². The van der Waals surface area contributed by atoms with Gasteiger partial charge in [0.15, 0.2) is 5.82 Å². The number of aromatic amines is 1. The second-order valence-electron chi connectivity index (χ2n) is 12.9. The Balaban J connectivity index is 1.11. The molecule has 2 aliphatic carbocycles. The van der Waals surface area contributed by atoms with Crippen LogP contribution in [0.5, 0.6) is 11.6 Å². The Bertz CT molecular complexity index is 1500. The third kappa shape index (κ3) is 4.99. The Hall–Kier alpha value is -3.44. The largest absolute Gasteiger partial charge is 0.434 e. The normalized spacial score (nSPS) is 24.4. The number of nitrogens with zero attached hydrogens (tertiary/aromatic N) is 6. The average Bonchev–Trinajstić information content (AvgIpc) is 3.67. The molecule has 11 heteroatoms. The molecule has 0 bridgehead atoms. The van der Waals surface area contributed by atoms with Crippen molar-refractivity contribution in [3.05, 3.63) is 52.3 Å². The molecular formula is C30H37FN8O2. The average molecular weight is 561 g/mol. The molecule has 216 valence electrons. The van der Waals surface area contributed by atoms with E-state index in [1.165, 1.54) is 18.5 Å². The summed E-state index contributed by atoms with van der Waals surface area (Å²) in [5.74, 6) is 2.42. The van der Waals surface area contributed by atoms with Crippen molar-refractivity contribution in [3.63, 3.8) is 0 Å². The van der Waals surface area contributed by atoms with Crippen molar-refractivity contribution >= 4 is 5.82 Å². The number of hydrogen-bond donors (Lipinski definition) is 2. The first-order valence-electron chi connectivity index (χ1n) is 14.8. The highest BCUT2D eigenvalue weighted by atomic mass is 19.1. The Morgan fingerprint density at radius 2 is 1.98 bits per heavy atom. The molecule has 1 unspecified atom stereocenters. The summed E-state index contributed by atoms with van der Waals surface area (Å²) >= 11 is 0. The molecule has 1 aromatic carbocycles. The zero-order valence-electron chi connectivity index (χ0n) is 23.6. The molecule has 1 atom stereocenters. The number of H-pyrrole nitrogens is 1. The molecule has 2 saturated carbocycles. The first kappa shape index (κ1) is 26.5. The minimum Gasteiger partial charge on any atom is -0.434 e. The maximum atomic E-state index is 14.5. The molecule has 2 saturated heterocycles. The third-order valence-electron chi connectivity index (χ3n) is 9.44. The van der Waals surface area contributed by atoms with Crippen LogP contribution in [0.15, 0.2) is 35.4 Å². The van der Waals surface area contributed by atoms with E-state index < -0.39 is 5.82 Å². The summed E-state index contributed by atoms with van der Waals surface area (Å²) in [5, 5.41) is 15.1. The van der Waals surface area contributed by atoms with Gasteiger partial charge in [0.1, 0.15) is 17.9 Å². The Labute approximate surface area is 238 Å². The summed E-state index contributed by atoms with van der Waals surface area (Å²) in [6.45, 7) is 8.55. The molecule has 7 rings (SSSR count). The number of hydrogen-bond acceptors (Lipinski definition) is 9. The third-order valence-corrected chi connectivity index (χ3v) is 9.44. The van der Waals surface area contributed by atoms with Gasteiger partial charge in [-0.25, -0.2) is 14.5 Å². The molecule has 4 heterocycles. The van der Waals surface area contributed by atoms with Gasteiger partial charge in [0, 0.05) is 55.3 Å². The lowest BCUT2D eigenvalue weighted by atomic mass is 9.68. The number of ether oxygens (including phenoxy) is 1. The summed E-state index contributed by atoms with van der Waals surface area (Å²) in [6.07, 6.45) is 6.73. The van der Waals surface area contributed by atoms with Gasteiger partial charge in [-0.1, -0.05) is 13.8 Å². The Morgan fingerprint density at radius 3 is 2.71 bits per heavy atom. The fourth-order valence-corrected chi connectivity index (χ4v) is 7.41. The van der Waals surface area contributed by atoms with Crippen LogP contribution in [-0.2, 0) is 0 Å². The second kappa shape index (κ2) is 10.1. The number of nitrogens with one attached hydrogen (secondary N) is 1. The molecule has 4 fully saturated rings. The van der Waals surface area contributed by atoms with Gasteiger partial charge >= 0.3 is 0 Å². The Kier molecular flexibility index (Phi) is 6.54. The van der Waals surface area contributed by atoms with E-state index in [1.54, 1.807) is 12.1 Å². The zero-order valence-corrected chi connectivity index (χ0v) is 23.6. The standard InChI is InChI=1S/C30H37FN8O2/c1-17(2)27(19-9-21(32)10-19)39-14-30(15-39)7-8-38(13-30)28-29(37-34-16-33-28)41-24-6-5-20(31)11-23(24)26-22(18-3-4-18)12-25(40)35-36-26/h5-6,11-12,16-19,21,27H,3-4,7-10,13-15,32H2,1-2H3,(H,35,40). The van der Waals surface area contributed by atoms with Gasteiger partial charge in [-0.3, -0.25) is 9.69 Å². The van der Waals surface area contributed by atoms with Crippen molar-refractivity contribution in [2.45, 2.75) is 64.0 Å². The minimum absolute atomic E-state index is 0.223. The number of anilines is 1. The fourth-order valence-electron chi connectivity index (χ4n) is 7.41. The van der Waals surface area contributed by atoms with Gasteiger partial charge in [0.05, 0.1) is 5.69 Å². The smallest absolute Gasteiger partial charge is 0.282 e. The van der Waals surface area contributed by atoms with Crippen LogP contribution in [0.1, 0.15) is 57.4 Å². The van der Waals surface area contributed by atoms with E-state index in [0.29, 0.717) is 46.7 Å². The van der Waals surface area contributed by atoms with Crippen molar-refractivity contribution in [2.24, 2.45) is 23.0 Å². The van der Waals surface area contributed by atoms with E-state index in [4.69, 9.17) is 10.5 Å². The quantitative estimate of drug-likeness (QED) is 0.424. The summed E-state index contributed by atoms with van der Waals surface area (Å²) in [6, 6.07) is 6.81. The first-order chi connectivity index (χ1) is 19.8. The molecule has 41 heavy (non-hydrogen) atoms. The van der Waals surface area contributed by atoms with Gasteiger partial charge in [-0.2, -0.15) is 5.10 Å².